The van der Waals surface area contributed by atoms with Crippen molar-refractivity contribution < 1.29 is 9.90 Å². The predicted molar refractivity (Wildman–Crippen MR) is 59.9 cm³/mol. The maximum atomic E-state index is 10.4. The van der Waals surface area contributed by atoms with E-state index in [-0.39, 0.29) is 6.42 Å². The third-order valence-electron chi connectivity index (χ3n) is 1.39. The van der Waals surface area contributed by atoms with Crippen LogP contribution in [0.2, 0.25) is 0 Å². The van der Waals surface area contributed by atoms with Gasteiger partial charge < -0.3 is 5.11 Å². The highest BCUT2D eigenvalue weighted by atomic mass is 16.4. The highest BCUT2D eigenvalue weighted by molar-refractivity contribution is 5.70. The first-order valence-electron chi connectivity index (χ1n) is 4.61. The van der Waals surface area contributed by atoms with Gasteiger partial charge in [0.15, 0.2) is 0 Å². The first-order valence-corrected chi connectivity index (χ1v) is 4.61. The van der Waals surface area contributed by atoms with Gasteiger partial charge in [-0.1, -0.05) is 32.1 Å². The molecule has 0 aromatic heterocycles. The molecule has 0 aromatic carbocycles. The molecule has 0 amide bonds. The van der Waals surface area contributed by atoms with Crippen LogP contribution < -0.4 is 0 Å². The van der Waals surface area contributed by atoms with Crippen LogP contribution >= 0.6 is 0 Å². The molecule has 2 nitrogen and oxygen atoms in total. The van der Waals surface area contributed by atoms with Crippen LogP contribution in [0.5, 0.6) is 0 Å². The molecule has 0 saturated carbocycles. The van der Waals surface area contributed by atoms with Gasteiger partial charge in [-0.05, 0) is 18.4 Å². The van der Waals surface area contributed by atoms with Gasteiger partial charge in [0.2, 0.25) is 0 Å². The Balaban J connectivity index is 0. The summed E-state index contributed by atoms with van der Waals surface area (Å²) < 4.78 is 0. The van der Waals surface area contributed by atoms with E-state index in [4.69, 9.17) is 5.11 Å². The second-order valence-electron chi connectivity index (χ2n) is 2.57. The first kappa shape index (κ1) is 15.0. The lowest BCUT2D eigenvalue weighted by Gasteiger charge is -1.96. The summed E-state index contributed by atoms with van der Waals surface area (Å²) in [5.74, 6) is -0.768. The van der Waals surface area contributed by atoms with Crippen molar-refractivity contribution in [2.45, 2.75) is 33.1 Å². The highest BCUT2D eigenvalue weighted by Crippen LogP contribution is 2.05. The lowest BCUT2D eigenvalue weighted by molar-refractivity contribution is -0.136. The minimum atomic E-state index is -0.768. The molecule has 0 radical (unpaired) electrons. The number of allylic oxidation sites excluding steroid dienone is 3. The fourth-order valence-electron chi connectivity index (χ4n) is 0.905. The average molecular weight is 194 g/mol. The summed E-state index contributed by atoms with van der Waals surface area (Å²) in [7, 11) is 0. The van der Waals surface area contributed by atoms with Crippen molar-refractivity contribution in [2.24, 2.45) is 0 Å². The summed E-state index contributed by atoms with van der Waals surface area (Å²) in [5, 5.41) is 8.54. The van der Waals surface area contributed by atoms with E-state index in [9.17, 15) is 4.79 Å². The third-order valence-corrected chi connectivity index (χ3v) is 1.39. The Morgan fingerprint density at radius 1 is 1.29 bits per heavy atom. The van der Waals surface area contributed by atoms with Crippen LogP contribution in [0.4, 0.5) is 0 Å². The molecule has 14 heavy (non-hydrogen) atoms. The molecule has 0 bridgehead atoms. The number of carboxylic acid groups (broad SMARTS) is 1. The maximum Gasteiger partial charge on any atom is 0.307 e. The normalized spacial score (nSPS) is 10.7. The molecular weight excluding hydrogens is 176 g/mol. The Morgan fingerprint density at radius 2 is 1.86 bits per heavy atom. The van der Waals surface area contributed by atoms with Gasteiger partial charge in [-0.25, -0.2) is 0 Å². The molecule has 0 fully saturated rings. The molecule has 0 atom stereocenters. The molecule has 0 aliphatic rings. The molecule has 78 valence electrons. The van der Waals surface area contributed by atoms with Crippen LogP contribution in [0, 0.1) is 12.8 Å². The Labute approximate surface area is 86.3 Å². The fourth-order valence-corrected chi connectivity index (χ4v) is 0.905. The monoisotopic (exact) mass is 194 g/mol. The number of hydrogen-bond donors (Lipinski definition) is 1. The van der Waals surface area contributed by atoms with Crippen LogP contribution in [0.25, 0.3) is 0 Å². The lowest BCUT2D eigenvalue weighted by atomic mass is 10.1. The number of carbonyl (C=O) groups is 1. The van der Waals surface area contributed by atoms with E-state index < -0.39 is 5.97 Å². The molecule has 0 spiro atoms. The molecule has 1 N–H and O–H groups in total. The number of terminal acetylenes is 1. The predicted octanol–water partition coefficient (Wildman–Crippen LogP) is 3.01. The van der Waals surface area contributed by atoms with Gasteiger partial charge >= 0.3 is 5.97 Å². The molecule has 0 aromatic rings. The van der Waals surface area contributed by atoms with Gasteiger partial charge in [-0.2, -0.15) is 0 Å². The number of hydrogen-bond acceptors (Lipinski definition) is 1. The summed E-state index contributed by atoms with van der Waals surface area (Å²) in [4.78, 5) is 10.4. The summed E-state index contributed by atoms with van der Waals surface area (Å²) in [5.41, 5.74) is 0.895. The van der Waals surface area contributed by atoms with Gasteiger partial charge in [0.05, 0.1) is 6.42 Å². The zero-order valence-corrected chi connectivity index (χ0v) is 8.86. The smallest absolute Gasteiger partial charge is 0.307 e. The number of carboxylic acids is 1. The van der Waals surface area contributed by atoms with Crippen molar-refractivity contribution in [2.75, 3.05) is 0 Å². The zero-order valence-electron chi connectivity index (χ0n) is 8.86. The Kier molecular flexibility index (Phi) is 12.3. The number of aliphatic carboxylic acids is 1. The van der Waals surface area contributed by atoms with Crippen molar-refractivity contribution in [3.63, 3.8) is 0 Å². The van der Waals surface area contributed by atoms with Gasteiger partial charge in [-0.3, -0.25) is 4.79 Å². The van der Waals surface area contributed by atoms with Gasteiger partial charge in [-0.15, -0.1) is 12.8 Å². The molecule has 0 rings (SSSR count). The number of rotatable bonds is 5. The van der Waals surface area contributed by atoms with E-state index >= 15 is 0 Å². The van der Waals surface area contributed by atoms with Crippen LogP contribution in [-0.2, 0) is 4.79 Å². The van der Waals surface area contributed by atoms with E-state index in [0.717, 1.165) is 18.4 Å². The zero-order chi connectivity index (χ0) is 11.4. The van der Waals surface area contributed by atoms with E-state index in [0.29, 0.717) is 0 Å². The van der Waals surface area contributed by atoms with E-state index in [1.165, 1.54) is 0 Å². The van der Waals surface area contributed by atoms with Crippen molar-refractivity contribution in [1.29, 1.82) is 0 Å². The molecule has 0 unspecified atom stereocenters. The van der Waals surface area contributed by atoms with Crippen LogP contribution in [0.3, 0.4) is 0 Å². The molecular formula is C12H18O2. The van der Waals surface area contributed by atoms with Crippen LogP contribution in [0.1, 0.15) is 33.1 Å². The minimum absolute atomic E-state index is 0.129. The topological polar surface area (TPSA) is 37.3 Å². The van der Waals surface area contributed by atoms with Crippen molar-refractivity contribution in [3.8, 4) is 12.8 Å². The van der Waals surface area contributed by atoms with Crippen molar-refractivity contribution in [1.82, 2.24) is 0 Å². The largest absolute Gasteiger partial charge is 0.481 e. The van der Waals surface area contributed by atoms with Gasteiger partial charge in [0.1, 0.15) is 0 Å². The molecule has 0 aliphatic heterocycles. The molecule has 0 heterocycles. The van der Waals surface area contributed by atoms with Gasteiger partial charge in [0, 0.05) is 0 Å². The van der Waals surface area contributed by atoms with Crippen molar-refractivity contribution in [3.05, 3.63) is 23.8 Å². The molecule has 0 saturated heterocycles. The third kappa shape index (κ3) is 10.5. The Bertz CT molecular complexity index is 222. The SMILES string of the molecule is C#C.CC/C=C\C(=C/CC)CC(=O)O. The Hall–Kier alpha value is -1.49. The fraction of sp³-hybridized carbons (Fsp3) is 0.417. The average Bonchev–Trinajstić information content (AvgIpc) is 2.17. The van der Waals surface area contributed by atoms with E-state index in [1.54, 1.807) is 0 Å². The van der Waals surface area contributed by atoms with Gasteiger partial charge in [0.25, 0.3) is 0 Å². The quantitative estimate of drug-likeness (QED) is 0.539. The highest BCUT2D eigenvalue weighted by Gasteiger charge is 1.98. The molecule has 2 heteroatoms. The summed E-state index contributed by atoms with van der Waals surface area (Å²) in [6, 6.07) is 0. The second-order valence-corrected chi connectivity index (χ2v) is 2.57. The molecule has 0 aliphatic carbocycles. The summed E-state index contributed by atoms with van der Waals surface area (Å²) in [6.45, 7) is 4.03. The Morgan fingerprint density at radius 3 is 2.21 bits per heavy atom. The standard InChI is InChI=1S/C10H16O2.C2H2/c1-3-5-7-9(6-4-2)8-10(11)12;1-2/h5-7H,3-4,8H2,1-2H3,(H,11,12);1-2H/b7-5-,9-6+;. The van der Waals surface area contributed by atoms with Crippen LogP contribution in [0.15, 0.2) is 23.8 Å². The summed E-state index contributed by atoms with van der Waals surface area (Å²) in [6.07, 6.45) is 15.8. The minimum Gasteiger partial charge on any atom is -0.481 e. The first-order chi connectivity index (χ1) is 6.70. The van der Waals surface area contributed by atoms with Crippen molar-refractivity contribution >= 4 is 5.97 Å². The van der Waals surface area contributed by atoms with E-state index in [2.05, 4.69) is 12.8 Å². The summed E-state index contributed by atoms with van der Waals surface area (Å²) >= 11 is 0. The van der Waals surface area contributed by atoms with E-state index in [1.807, 2.05) is 32.1 Å². The lowest BCUT2D eigenvalue weighted by Crippen LogP contribution is -1.95. The maximum absolute atomic E-state index is 10.4. The second kappa shape index (κ2) is 11.5. The van der Waals surface area contributed by atoms with Crippen LogP contribution in [-0.4, -0.2) is 11.1 Å².